The van der Waals surface area contributed by atoms with Crippen molar-refractivity contribution in [1.29, 1.82) is 0 Å². The van der Waals surface area contributed by atoms with Crippen LogP contribution < -0.4 is 4.90 Å². The van der Waals surface area contributed by atoms with Crippen LogP contribution in [0.25, 0.3) is 0 Å². The first kappa shape index (κ1) is 20.9. The number of sulfonamides is 1. The van der Waals surface area contributed by atoms with Crippen LogP contribution in [0.15, 0.2) is 41.8 Å². The van der Waals surface area contributed by atoms with Crippen LogP contribution in [0.1, 0.15) is 25.3 Å². The molecule has 1 aromatic heterocycles. The van der Waals surface area contributed by atoms with Crippen LogP contribution in [0.5, 0.6) is 0 Å². The monoisotopic (exact) mass is 431 g/mol. The van der Waals surface area contributed by atoms with Gasteiger partial charge in [-0.25, -0.2) is 13.4 Å². The van der Waals surface area contributed by atoms with Gasteiger partial charge in [-0.1, -0.05) is 12.1 Å². The number of imidazole rings is 1. The smallest absolute Gasteiger partial charge is 0.260 e. The van der Waals surface area contributed by atoms with Crippen LogP contribution >= 0.6 is 0 Å². The van der Waals surface area contributed by atoms with Gasteiger partial charge in [-0.05, 0) is 44.4 Å². The summed E-state index contributed by atoms with van der Waals surface area (Å²) in [6.07, 6.45) is 4.07. The first-order valence-electron chi connectivity index (χ1n) is 10.5. The van der Waals surface area contributed by atoms with E-state index in [4.69, 9.17) is 0 Å². The number of aromatic amines is 1. The topological polar surface area (TPSA) is 89.6 Å². The molecular formula is C21H29N5O3S. The Balaban J connectivity index is 1.41. The van der Waals surface area contributed by atoms with E-state index in [0.29, 0.717) is 26.1 Å². The SMILES string of the molecule is Cc1cccc(N2CCN(C(=O)[C@@H]3CCCN(S(=O)(=O)c4cnc[nH]4)C3)C[C@H]2C)c1. The molecule has 30 heavy (non-hydrogen) atoms. The molecule has 0 bridgehead atoms. The van der Waals surface area contributed by atoms with Crippen molar-refractivity contribution >= 4 is 21.6 Å². The number of H-pyrrole nitrogens is 1. The van der Waals surface area contributed by atoms with Crippen molar-refractivity contribution in [3.05, 3.63) is 42.4 Å². The number of rotatable bonds is 4. The van der Waals surface area contributed by atoms with Crippen LogP contribution in [-0.4, -0.2) is 72.3 Å². The number of aryl methyl sites for hydroxylation is 1. The van der Waals surface area contributed by atoms with E-state index in [1.165, 1.54) is 28.1 Å². The first-order valence-corrected chi connectivity index (χ1v) is 11.9. The van der Waals surface area contributed by atoms with Gasteiger partial charge in [-0.3, -0.25) is 4.79 Å². The largest absolute Gasteiger partial charge is 0.365 e. The van der Waals surface area contributed by atoms with E-state index >= 15 is 0 Å². The standard InChI is InChI=1S/C21H29N5O3S/c1-16-5-3-7-19(11-16)26-10-9-24(13-17(26)2)21(27)18-6-4-8-25(14-18)30(28,29)20-12-22-15-23-20/h3,5,7,11-12,15,17-18H,4,6,8-10,13-14H2,1-2H3,(H,22,23)/t17-,18-/m1/s1. The van der Waals surface area contributed by atoms with Gasteiger partial charge in [0, 0.05) is 44.5 Å². The Morgan fingerprint density at radius 2 is 2.03 bits per heavy atom. The normalized spacial score (nSPS) is 23.5. The van der Waals surface area contributed by atoms with Crippen molar-refractivity contribution in [3.63, 3.8) is 0 Å². The van der Waals surface area contributed by atoms with E-state index in [1.807, 2.05) is 4.90 Å². The molecule has 8 nitrogen and oxygen atoms in total. The van der Waals surface area contributed by atoms with Crippen molar-refractivity contribution in [2.45, 2.75) is 37.8 Å². The van der Waals surface area contributed by atoms with Crippen LogP contribution in [0.3, 0.4) is 0 Å². The van der Waals surface area contributed by atoms with E-state index in [-0.39, 0.29) is 29.4 Å². The number of nitrogens with zero attached hydrogens (tertiary/aromatic N) is 4. The highest BCUT2D eigenvalue weighted by atomic mass is 32.2. The average Bonchev–Trinajstić information content (AvgIpc) is 3.29. The molecule has 1 amide bonds. The molecule has 0 spiro atoms. The average molecular weight is 432 g/mol. The maximum atomic E-state index is 13.2. The fourth-order valence-electron chi connectivity index (χ4n) is 4.49. The van der Waals surface area contributed by atoms with Crippen molar-refractivity contribution in [1.82, 2.24) is 19.2 Å². The molecule has 0 unspecified atom stereocenters. The summed E-state index contributed by atoms with van der Waals surface area (Å²) >= 11 is 0. The zero-order chi connectivity index (χ0) is 21.3. The van der Waals surface area contributed by atoms with Crippen molar-refractivity contribution in [2.75, 3.05) is 37.6 Å². The molecule has 2 aliphatic heterocycles. The van der Waals surface area contributed by atoms with Gasteiger partial charge in [0.05, 0.1) is 18.4 Å². The van der Waals surface area contributed by atoms with E-state index in [2.05, 4.69) is 53.0 Å². The lowest BCUT2D eigenvalue weighted by Gasteiger charge is -2.43. The van der Waals surface area contributed by atoms with Gasteiger partial charge in [-0.15, -0.1) is 0 Å². The van der Waals surface area contributed by atoms with Crippen LogP contribution in [0.4, 0.5) is 5.69 Å². The molecule has 1 aromatic carbocycles. The number of amides is 1. The van der Waals surface area contributed by atoms with Gasteiger partial charge in [-0.2, -0.15) is 4.31 Å². The molecule has 162 valence electrons. The third kappa shape index (κ3) is 4.09. The molecule has 9 heteroatoms. The van der Waals surface area contributed by atoms with Gasteiger partial charge in [0.15, 0.2) is 5.03 Å². The predicted molar refractivity (Wildman–Crippen MR) is 115 cm³/mol. The fourth-order valence-corrected chi connectivity index (χ4v) is 5.91. The van der Waals surface area contributed by atoms with Gasteiger partial charge >= 0.3 is 0 Å². The van der Waals surface area contributed by atoms with E-state index < -0.39 is 10.0 Å². The number of piperazine rings is 1. The molecular weight excluding hydrogens is 402 g/mol. The Hall–Kier alpha value is -2.39. The zero-order valence-electron chi connectivity index (χ0n) is 17.5. The van der Waals surface area contributed by atoms with E-state index in [0.717, 1.165) is 13.0 Å². The van der Waals surface area contributed by atoms with Gasteiger partial charge in [0.2, 0.25) is 5.91 Å². The third-order valence-corrected chi connectivity index (χ3v) is 7.89. The molecule has 3 heterocycles. The first-order chi connectivity index (χ1) is 14.4. The molecule has 2 fully saturated rings. The molecule has 2 aliphatic rings. The summed E-state index contributed by atoms with van der Waals surface area (Å²) in [5.74, 6) is -0.232. The third-order valence-electron chi connectivity index (χ3n) is 6.10. The maximum Gasteiger partial charge on any atom is 0.260 e. The fraction of sp³-hybridized carbons (Fsp3) is 0.524. The zero-order valence-corrected chi connectivity index (χ0v) is 18.3. The van der Waals surface area contributed by atoms with E-state index in [1.54, 1.807) is 0 Å². The second-order valence-electron chi connectivity index (χ2n) is 8.28. The van der Waals surface area contributed by atoms with Gasteiger partial charge < -0.3 is 14.8 Å². The lowest BCUT2D eigenvalue weighted by atomic mass is 9.97. The molecule has 4 rings (SSSR count). The second-order valence-corrected chi connectivity index (χ2v) is 10.2. The van der Waals surface area contributed by atoms with Gasteiger partial charge in [0.1, 0.15) is 0 Å². The number of benzene rings is 1. The molecule has 2 saturated heterocycles. The summed E-state index contributed by atoms with van der Waals surface area (Å²) in [4.78, 5) is 24.0. The Bertz CT molecular complexity index is 992. The van der Waals surface area contributed by atoms with Crippen molar-refractivity contribution in [3.8, 4) is 0 Å². The summed E-state index contributed by atoms with van der Waals surface area (Å²) in [5.41, 5.74) is 2.41. The number of piperidine rings is 1. The Morgan fingerprint density at radius 3 is 2.73 bits per heavy atom. The minimum absolute atomic E-state index is 0.0650. The summed E-state index contributed by atoms with van der Waals surface area (Å²) < 4.78 is 27.0. The van der Waals surface area contributed by atoms with Crippen LogP contribution in [-0.2, 0) is 14.8 Å². The maximum absolute atomic E-state index is 13.2. The van der Waals surface area contributed by atoms with Crippen molar-refractivity contribution < 1.29 is 13.2 Å². The Kier molecular flexibility index (Phi) is 5.84. The highest BCUT2D eigenvalue weighted by Gasteiger charge is 2.37. The summed E-state index contributed by atoms with van der Waals surface area (Å²) in [5, 5.41) is 0.0796. The lowest BCUT2D eigenvalue weighted by Crippen LogP contribution is -2.56. The number of hydrogen-bond donors (Lipinski definition) is 1. The highest BCUT2D eigenvalue weighted by molar-refractivity contribution is 7.89. The summed E-state index contributed by atoms with van der Waals surface area (Å²) in [6, 6.07) is 8.64. The Morgan fingerprint density at radius 1 is 1.20 bits per heavy atom. The predicted octanol–water partition coefficient (Wildman–Crippen LogP) is 1.86. The molecule has 0 aliphatic carbocycles. The number of nitrogens with one attached hydrogen (secondary N) is 1. The minimum atomic E-state index is -3.64. The Labute approximate surface area is 177 Å². The minimum Gasteiger partial charge on any atom is -0.365 e. The van der Waals surface area contributed by atoms with E-state index in [9.17, 15) is 13.2 Å². The highest BCUT2D eigenvalue weighted by Crippen LogP contribution is 2.26. The number of aromatic nitrogens is 2. The van der Waals surface area contributed by atoms with Crippen molar-refractivity contribution in [2.24, 2.45) is 5.92 Å². The molecule has 2 aromatic rings. The summed E-state index contributed by atoms with van der Waals surface area (Å²) in [6.45, 7) is 6.96. The molecule has 0 radical (unpaired) electrons. The molecule has 2 atom stereocenters. The number of carbonyl (C=O) groups excluding carboxylic acids is 1. The molecule has 1 N–H and O–H groups in total. The number of anilines is 1. The lowest BCUT2D eigenvalue weighted by molar-refractivity contribution is -0.137. The summed E-state index contributed by atoms with van der Waals surface area (Å²) in [7, 11) is -3.64. The number of carbonyl (C=O) groups is 1. The van der Waals surface area contributed by atoms with Gasteiger partial charge in [0.25, 0.3) is 10.0 Å². The molecule has 0 saturated carbocycles. The van der Waals surface area contributed by atoms with Crippen LogP contribution in [0, 0.1) is 12.8 Å². The second kappa shape index (κ2) is 8.39. The quantitative estimate of drug-likeness (QED) is 0.798. The van der Waals surface area contributed by atoms with Crippen LogP contribution in [0.2, 0.25) is 0 Å². The number of hydrogen-bond acceptors (Lipinski definition) is 5.